The lowest BCUT2D eigenvalue weighted by Gasteiger charge is -1.96. The van der Waals surface area contributed by atoms with Crippen LogP contribution < -0.4 is 5.73 Å². The first-order valence-corrected chi connectivity index (χ1v) is 5.67. The minimum absolute atomic E-state index is 0.773. The van der Waals surface area contributed by atoms with Crippen LogP contribution in [0.4, 0.5) is 5.69 Å². The molecule has 0 aliphatic rings. The second-order valence-electron chi connectivity index (χ2n) is 3.44. The summed E-state index contributed by atoms with van der Waals surface area (Å²) in [7, 11) is 0. The van der Waals surface area contributed by atoms with Gasteiger partial charge in [0.15, 0.2) is 0 Å². The van der Waals surface area contributed by atoms with Crippen molar-refractivity contribution < 1.29 is 0 Å². The van der Waals surface area contributed by atoms with Crippen molar-refractivity contribution in [3.63, 3.8) is 0 Å². The molecule has 1 heterocycles. The van der Waals surface area contributed by atoms with Gasteiger partial charge in [-0.1, -0.05) is 24.3 Å². The Bertz CT molecular complexity index is 473. The zero-order valence-electron chi connectivity index (χ0n) is 8.60. The van der Waals surface area contributed by atoms with Crippen molar-refractivity contribution in [2.45, 2.75) is 0 Å². The van der Waals surface area contributed by atoms with Crippen LogP contribution in [0.5, 0.6) is 0 Å². The number of benzene rings is 1. The summed E-state index contributed by atoms with van der Waals surface area (Å²) >= 11 is 3.38. The fraction of sp³-hybridized carbons (Fsp3) is 0. The second-order valence-corrected chi connectivity index (χ2v) is 4.36. The SMILES string of the molecule is Nc1cccc(C=Cc2cncc(Br)c2)c1. The Morgan fingerprint density at radius 1 is 1.06 bits per heavy atom. The predicted octanol–water partition coefficient (Wildman–Crippen LogP) is 3.60. The van der Waals surface area contributed by atoms with Gasteiger partial charge in [0.05, 0.1) is 0 Å². The number of nitrogens with zero attached hydrogens (tertiary/aromatic N) is 1. The maximum absolute atomic E-state index is 5.70. The van der Waals surface area contributed by atoms with E-state index in [4.69, 9.17) is 5.73 Å². The van der Waals surface area contributed by atoms with Crippen molar-refractivity contribution in [2.24, 2.45) is 0 Å². The van der Waals surface area contributed by atoms with Gasteiger partial charge in [-0.25, -0.2) is 0 Å². The number of pyridine rings is 1. The minimum Gasteiger partial charge on any atom is -0.399 e. The summed E-state index contributed by atoms with van der Waals surface area (Å²) in [6, 6.07) is 9.77. The quantitative estimate of drug-likeness (QED) is 0.850. The Morgan fingerprint density at radius 2 is 1.88 bits per heavy atom. The first kappa shape index (κ1) is 10.9. The van der Waals surface area contributed by atoms with Crippen LogP contribution in [-0.2, 0) is 0 Å². The molecule has 0 aliphatic carbocycles. The average molecular weight is 275 g/mol. The van der Waals surface area contributed by atoms with Crippen molar-refractivity contribution in [1.82, 2.24) is 4.98 Å². The van der Waals surface area contributed by atoms with Crippen LogP contribution in [0.3, 0.4) is 0 Å². The molecule has 0 spiro atoms. The van der Waals surface area contributed by atoms with E-state index in [1.54, 1.807) is 6.20 Å². The Hall–Kier alpha value is -1.61. The smallest absolute Gasteiger partial charge is 0.0410 e. The van der Waals surface area contributed by atoms with E-state index in [9.17, 15) is 0 Å². The molecule has 3 heteroatoms. The summed E-state index contributed by atoms with van der Waals surface area (Å²) in [5.74, 6) is 0. The molecule has 1 aromatic heterocycles. The standard InChI is InChI=1S/C13H11BrN2/c14-12-6-11(8-16-9-12)5-4-10-2-1-3-13(15)7-10/h1-9H,15H2. The Labute approximate surface area is 103 Å². The highest BCUT2D eigenvalue weighted by atomic mass is 79.9. The maximum atomic E-state index is 5.70. The highest BCUT2D eigenvalue weighted by molar-refractivity contribution is 9.10. The van der Waals surface area contributed by atoms with E-state index in [0.29, 0.717) is 0 Å². The van der Waals surface area contributed by atoms with E-state index in [1.807, 2.05) is 48.7 Å². The Morgan fingerprint density at radius 3 is 2.62 bits per heavy atom. The number of hydrogen-bond acceptors (Lipinski definition) is 2. The summed E-state index contributed by atoms with van der Waals surface area (Å²) in [5, 5.41) is 0. The summed E-state index contributed by atoms with van der Waals surface area (Å²) < 4.78 is 0.974. The number of halogens is 1. The molecule has 0 amide bonds. The van der Waals surface area contributed by atoms with Crippen LogP contribution in [0.2, 0.25) is 0 Å². The fourth-order valence-electron chi connectivity index (χ4n) is 1.37. The number of hydrogen-bond donors (Lipinski definition) is 1. The lowest BCUT2D eigenvalue weighted by atomic mass is 10.1. The van der Waals surface area contributed by atoms with Crippen molar-refractivity contribution in [3.05, 3.63) is 58.3 Å². The van der Waals surface area contributed by atoms with Gasteiger partial charge in [-0.15, -0.1) is 0 Å². The molecule has 2 N–H and O–H groups in total. The van der Waals surface area contributed by atoms with Crippen molar-refractivity contribution >= 4 is 33.8 Å². The molecule has 16 heavy (non-hydrogen) atoms. The van der Waals surface area contributed by atoms with E-state index >= 15 is 0 Å². The predicted molar refractivity (Wildman–Crippen MR) is 71.7 cm³/mol. The topological polar surface area (TPSA) is 38.9 Å². The molecule has 0 unspecified atom stereocenters. The van der Waals surface area contributed by atoms with E-state index in [0.717, 1.165) is 21.3 Å². The second kappa shape index (κ2) is 4.94. The molecule has 0 radical (unpaired) electrons. The molecule has 2 aromatic rings. The molecule has 0 bridgehead atoms. The molecule has 0 saturated carbocycles. The summed E-state index contributed by atoms with van der Waals surface area (Å²) in [6.45, 7) is 0. The molecule has 0 atom stereocenters. The zero-order valence-corrected chi connectivity index (χ0v) is 10.2. The zero-order chi connectivity index (χ0) is 11.4. The number of nitrogens with two attached hydrogens (primary N) is 1. The molecular weight excluding hydrogens is 264 g/mol. The van der Waals surface area contributed by atoms with Gasteiger partial charge >= 0.3 is 0 Å². The van der Waals surface area contributed by atoms with Gasteiger partial charge in [-0.3, -0.25) is 4.98 Å². The molecule has 2 nitrogen and oxygen atoms in total. The molecule has 80 valence electrons. The maximum Gasteiger partial charge on any atom is 0.0410 e. The Kier molecular flexibility index (Phi) is 3.37. The van der Waals surface area contributed by atoms with Crippen molar-refractivity contribution in [3.8, 4) is 0 Å². The summed E-state index contributed by atoms with van der Waals surface area (Å²) in [4.78, 5) is 4.09. The minimum atomic E-state index is 0.773. The number of aromatic nitrogens is 1. The van der Waals surface area contributed by atoms with Gasteiger partial charge in [0.25, 0.3) is 0 Å². The highest BCUT2D eigenvalue weighted by Crippen LogP contribution is 2.14. The van der Waals surface area contributed by atoms with E-state index in [1.165, 1.54) is 0 Å². The molecular formula is C13H11BrN2. The number of rotatable bonds is 2. The summed E-state index contributed by atoms with van der Waals surface area (Å²) in [6.07, 6.45) is 7.59. The van der Waals surface area contributed by atoms with Gasteiger partial charge in [0.1, 0.15) is 0 Å². The molecule has 1 aromatic carbocycles. The largest absolute Gasteiger partial charge is 0.399 e. The third kappa shape index (κ3) is 2.94. The third-order valence-corrected chi connectivity index (χ3v) is 2.54. The molecule has 2 rings (SSSR count). The van der Waals surface area contributed by atoms with Gasteiger partial charge in [-0.05, 0) is 45.3 Å². The van der Waals surface area contributed by atoms with E-state index in [-0.39, 0.29) is 0 Å². The normalized spacial score (nSPS) is 10.8. The molecule has 0 aliphatic heterocycles. The number of nitrogen functional groups attached to an aromatic ring is 1. The fourth-order valence-corrected chi connectivity index (χ4v) is 1.76. The first-order chi connectivity index (χ1) is 7.74. The third-order valence-electron chi connectivity index (χ3n) is 2.10. The van der Waals surface area contributed by atoms with Crippen LogP contribution >= 0.6 is 15.9 Å². The lowest BCUT2D eigenvalue weighted by molar-refractivity contribution is 1.30. The van der Waals surface area contributed by atoms with Crippen LogP contribution in [0.1, 0.15) is 11.1 Å². The van der Waals surface area contributed by atoms with E-state index < -0.39 is 0 Å². The van der Waals surface area contributed by atoms with Gasteiger partial charge in [0, 0.05) is 22.6 Å². The highest BCUT2D eigenvalue weighted by Gasteiger charge is 1.91. The van der Waals surface area contributed by atoms with Crippen LogP contribution in [0.25, 0.3) is 12.2 Å². The van der Waals surface area contributed by atoms with E-state index in [2.05, 4.69) is 20.9 Å². The Balaban J connectivity index is 2.21. The van der Waals surface area contributed by atoms with Gasteiger partial charge in [0.2, 0.25) is 0 Å². The first-order valence-electron chi connectivity index (χ1n) is 4.88. The van der Waals surface area contributed by atoms with Crippen molar-refractivity contribution in [2.75, 3.05) is 5.73 Å². The van der Waals surface area contributed by atoms with Crippen LogP contribution in [0, 0.1) is 0 Å². The summed E-state index contributed by atoms with van der Waals surface area (Å²) in [5.41, 5.74) is 8.61. The van der Waals surface area contributed by atoms with Gasteiger partial charge < -0.3 is 5.73 Å². The van der Waals surface area contributed by atoms with Gasteiger partial charge in [-0.2, -0.15) is 0 Å². The van der Waals surface area contributed by atoms with Crippen LogP contribution in [0.15, 0.2) is 47.2 Å². The van der Waals surface area contributed by atoms with Crippen LogP contribution in [-0.4, -0.2) is 4.98 Å². The molecule has 0 saturated heterocycles. The number of anilines is 1. The monoisotopic (exact) mass is 274 g/mol. The van der Waals surface area contributed by atoms with Crippen molar-refractivity contribution in [1.29, 1.82) is 0 Å². The molecule has 0 fully saturated rings. The average Bonchev–Trinajstić information content (AvgIpc) is 2.27. The lowest BCUT2D eigenvalue weighted by Crippen LogP contribution is -1.83.